The number of ether oxygens (including phenoxy) is 1. The van der Waals surface area contributed by atoms with E-state index >= 15 is 4.39 Å². The Hall–Kier alpha value is -3.77. The van der Waals surface area contributed by atoms with Crippen LogP contribution in [-0.4, -0.2) is 36.0 Å². The van der Waals surface area contributed by atoms with E-state index in [0.29, 0.717) is 52.8 Å². The van der Waals surface area contributed by atoms with E-state index in [2.05, 4.69) is 28.9 Å². The molecule has 4 aromatic rings. The van der Waals surface area contributed by atoms with Gasteiger partial charge in [0, 0.05) is 22.9 Å². The summed E-state index contributed by atoms with van der Waals surface area (Å²) in [6, 6.07) is 10.7. The third kappa shape index (κ3) is 4.93. The summed E-state index contributed by atoms with van der Waals surface area (Å²) in [6.07, 6.45) is 3.24. The smallest absolute Gasteiger partial charge is 0.387 e. The first-order valence-corrected chi connectivity index (χ1v) is 16.1. The van der Waals surface area contributed by atoms with Gasteiger partial charge in [0.2, 0.25) is 0 Å². The number of alkyl halides is 2. The molecule has 2 bridgehead atoms. The Morgan fingerprint density at radius 2 is 1.89 bits per heavy atom. The Balaban J connectivity index is 1.29. The topological polar surface area (TPSA) is 98.1 Å². The number of nitrogens with zero attached hydrogens (tertiary/aromatic N) is 3. The number of fused-ring (bicyclic) bond motifs is 9. The highest BCUT2D eigenvalue weighted by Gasteiger charge is 2.54. The van der Waals surface area contributed by atoms with Crippen LogP contribution in [0, 0.1) is 11.2 Å². The number of pyridine rings is 1. The van der Waals surface area contributed by atoms with Gasteiger partial charge in [-0.05, 0) is 81.3 Å². The van der Waals surface area contributed by atoms with Crippen molar-refractivity contribution in [2.45, 2.75) is 82.9 Å². The summed E-state index contributed by atoms with van der Waals surface area (Å²) < 4.78 is 65.3. The molecule has 3 atom stereocenters. The van der Waals surface area contributed by atoms with Crippen molar-refractivity contribution in [3.8, 4) is 16.9 Å². The molecule has 0 unspecified atom stereocenters. The lowest BCUT2D eigenvalue weighted by Crippen LogP contribution is -2.59. The molecule has 2 aromatic carbocycles. The predicted molar refractivity (Wildman–Crippen MR) is 165 cm³/mol. The molecule has 0 spiro atoms. The summed E-state index contributed by atoms with van der Waals surface area (Å²) in [5, 5.41) is 2.98. The fourth-order valence-electron chi connectivity index (χ4n) is 7.34. The molecule has 3 aliphatic rings. The van der Waals surface area contributed by atoms with Crippen molar-refractivity contribution in [3.05, 3.63) is 77.1 Å². The lowest BCUT2D eigenvalue weighted by molar-refractivity contribution is -0.0507. The first-order valence-electron chi connectivity index (χ1n) is 14.9. The number of halogens is 3. The number of rotatable bonds is 6. The summed E-state index contributed by atoms with van der Waals surface area (Å²) in [7, 11) is -1.42. The van der Waals surface area contributed by atoms with Gasteiger partial charge in [0.1, 0.15) is 17.4 Å². The normalized spacial score (nSPS) is 21.9. The molecule has 8 nitrogen and oxygen atoms in total. The maximum absolute atomic E-state index is 16.0. The number of amides is 1. The maximum Gasteiger partial charge on any atom is 0.387 e. The van der Waals surface area contributed by atoms with Crippen LogP contribution in [0.1, 0.15) is 93.4 Å². The van der Waals surface area contributed by atoms with Crippen molar-refractivity contribution in [1.82, 2.24) is 24.6 Å². The number of nitrogens with one attached hydrogen (secondary N) is 2. The van der Waals surface area contributed by atoms with E-state index in [-0.39, 0.29) is 28.3 Å². The molecule has 12 heteroatoms. The van der Waals surface area contributed by atoms with Crippen LogP contribution in [0.25, 0.3) is 22.2 Å². The molecule has 1 amide bonds. The van der Waals surface area contributed by atoms with Gasteiger partial charge in [-0.1, -0.05) is 26.0 Å². The fourth-order valence-corrected chi connectivity index (χ4v) is 8.24. The standard InChI is InChI=1S/C33H34F3N5O3S/c1-31(2,3)45(43)40-33(15-32(4,5)16-33)27-20(34)11-18(14-37-27)17-9-10-21-23(12-17)41-24-13-22(28(41)38-21)39-29(42)19-7-6-8-25(26(19)24)44-30(35)36/h6-12,14,22,24,30,40H,13,15-16H2,1-5H3,(H,39,42)/t22-,24-,45+/m1/s1. The van der Waals surface area contributed by atoms with Gasteiger partial charge in [-0.25, -0.2) is 18.3 Å². The molecule has 7 rings (SSSR count). The third-order valence-corrected chi connectivity index (χ3v) is 10.7. The van der Waals surface area contributed by atoms with E-state index in [4.69, 9.17) is 9.72 Å². The Morgan fingerprint density at radius 3 is 2.56 bits per heavy atom. The summed E-state index contributed by atoms with van der Waals surface area (Å²) in [5.74, 6) is -0.292. The van der Waals surface area contributed by atoms with Crippen molar-refractivity contribution in [2.24, 2.45) is 5.41 Å². The van der Waals surface area contributed by atoms with Crippen LogP contribution in [0.5, 0.6) is 5.75 Å². The molecule has 0 saturated heterocycles. The lowest BCUT2D eigenvalue weighted by Gasteiger charge is -2.53. The van der Waals surface area contributed by atoms with E-state index in [9.17, 15) is 17.8 Å². The molecule has 4 heterocycles. The van der Waals surface area contributed by atoms with Gasteiger partial charge >= 0.3 is 6.61 Å². The average Bonchev–Trinajstić information content (AvgIpc) is 3.43. The zero-order chi connectivity index (χ0) is 32.1. The van der Waals surface area contributed by atoms with E-state index in [1.54, 1.807) is 12.3 Å². The number of hydrogen-bond donors (Lipinski definition) is 2. The SMILES string of the molecule is CC1(C)CC(N[S@@](=O)C(C)(C)C)(c2ncc(-c3ccc4nc5n(c4c3)[C@@H]3C[C@H]5NC(=O)c4cccc(OC(F)F)c43)cc2F)C1. The molecule has 236 valence electrons. The number of imidazole rings is 1. The highest BCUT2D eigenvalue weighted by Crippen LogP contribution is 2.54. The van der Waals surface area contributed by atoms with E-state index < -0.39 is 45.8 Å². The zero-order valence-electron chi connectivity index (χ0n) is 25.6. The zero-order valence-corrected chi connectivity index (χ0v) is 26.4. The molecule has 2 aliphatic heterocycles. The van der Waals surface area contributed by atoms with Crippen molar-refractivity contribution in [2.75, 3.05) is 0 Å². The monoisotopic (exact) mass is 637 g/mol. The Bertz CT molecular complexity index is 1890. The summed E-state index contributed by atoms with van der Waals surface area (Å²) in [6.45, 7) is 6.77. The summed E-state index contributed by atoms with van der Waals surface area (Å²) >= 11 is 0. The van der Waals surface area contributed by atoms with E-state index in [1.807, 2.05) is 43.5 Å². The second-order valence-corrected chi connectivity index (χ2v) is 16.0. The Labute approximate surface area is 261 Å². The van der Waals surface area contributed by atoms with Crippen molar-refractivity contribution >= 4 is 27.9 Å². The van der Waals surface area contributed by atoms with Gasteiger partial charge < -0.3 is 14.6 Å². The lowest BCUT2D eigenvalue weighted by atomic mass is 9.58. The van der Waals surface area contributed by atoms with Gasteiger partial charge in [0.25, 0.3) is 5.91 Å². The van der Waals surface area contributed by atoms with Crippen LogP contribution in [0.3, 0.4) is 0 Å². The fraction of sp³-hybridized carbons (Fsp3) is 0.424. The molecular formula is C33H34F3N5O3S. The molecule has 2 aromatic heterocycles. The molecule has 1 fully saturated rings. The minimum atomic E-state index is -3.05. The number of carbonyl (C=O) groups is 1. The van der Waals surface area contributed by atoms with Gasteiger partial charge in [-0.15, -0.1) is 0 Å². The van der Waals surface area contributed by atoms with Crippen LogP contribution < -0.4 is 14.8 Å². The summed E-state index contributed by atoms with van der Waals surface area (Å²) in [4.78, 5) is 22.4. The Kier molecular flexibility index (Phi) is 6.73. The summed E-state index contributed by atoms with van der Waals surface area (Å²) in [5.41, 5.74) is 2.63. The number of benzene rings is 2. The second-order valence-electron chi connectivity index (χ2n) is 14.1. The van der Waals surface area contributed by atoms with E-state index in [1.165, 1.54) is 18.2 Å². The maximum atomic E-state index is 16.0. The second kappa shape index (κ2) is 10.1. The predicted octanol–water partition coefficient (Wildman–Crippen LogP) is 6.68. The minimum Gasteiger partial charge on any atom is -0.434 e. The molecule has 1 saturated carbocycles. The average molecular weight is 638 g/mol. The van der Waals surface area contributed by atoms with Gasteiger partial charge in [0.05, 0.1) is 50.1 Å². The largest absolute Gasteiger partial charge is 0.434 e. The number of carbonyl (C=O) groups excluding carboxylic acids is 1. The first-order chi connectivity index (χ1) is 21.2. The first kappa shape index (κ1) is 29.9. The van der Waals surface area contributed by atoms with Crippen molar-refractivity contribution in [1.29, 1.82) is 0 Å². The molecule has 0 radical (unpaired) electrons. The van der Waals surface area contributed by atoms with Gasteiger partial charge in [0.15, 0.2) is 0 Å². The molecule has 2 N–H and O–H groups in total. The molecule has 45 heavy (non-hydrogen) atoms. The number of hydrogen-bond acceptors (Lipinski definition) is 5. The highest BCUT2D eigenvalue weighted by molar-refractivity contribution is 7.84. The van der Waals surface area contributed by atoms with Crippen LogP contribution in [-0.2, 0) is 16.5 Å². The highest BCUT2D eigenvalue weighted by atomic mass is 32.2. The van der Waals surface area contributed by atoms with Crippen LogP contribution >= 0.6 is 0 Å². The van der Waals surface area contributed by atoms with Crippen LogP contribution in [0.15, 0.2) is 48.7 Å². The van der Waals surface area contributed by atoms with Crippen molar-refractivity contribution in [3.63, 3.8) is 0 Å². The molecule has 1 aliphatic carbocycles. The van der Waals surface area contributed by atoms with Crippen molar-refractivity contribution < 1.29 is 26.9 Å². The van der Waals surface area contributed by atoms with Crippen LogP contribution in [0.2, 0.25) is 0 Å². The third-order valence-electron chi connectivity index (χ3n) is 9.00. The Morgan fingerprint density at radius 1 is 1.13 bits per heavy atom. The minimum absolute atomic E-state index is 0.0508. The van der Waals surface area contributed by atoms with E-state index in [0.717, 1.165) is 0 Å². The quantitative estimate of drug-likeness (QED) is 0.246. The van der Waals surface area contributed by atoms with Gasteiger partial charge in [-0.2, -0.15) is 8.78 Å². The van der Waals surface area contributed by atoms with Crippen LogP contribution in [0.4, 0.5) is 13.2 Å². The molecular weight excluding hydrogens is 603 g/mol. The van der Waals surface area contributed by atoms with Gasteiger partial charge in [-0.3, -0.25) is 9.78 Å². The number of aromatic nitrogens is 3.